The van der Waals surface area contributed by atoms with Gasteiger partial charge in [-0.25, -0.2) is 8.42 Å². The second-order valence-corrected chi connectivity index (χ2v) is 7.73. The minimum Gasteiger partial charge on any atom is -0.456 e. The van der Waals surface area contributed by atoms with E-state index < -0.39 is 10.0 Å². The number of ether oxygens (including phenoxy) is 1. The molecule has 0 atom stereocenters. The van der Waals surface area contributed by atoms with Crippen LogP contribution in [0.15, 0.2) is 78.0 Å². The smallest absolute Gasteiger partial charge is 0.244 e. The lowest BCUT2D eigenvalue weighted by Gasteiger charge is -2.14. The van der Waals surface area contributed by atoms with E-state index in [4.69, 9.17) is 4.74 Å². The first-order valence-corrected chi connectivity index (χ1v) is 9.32. The predicted molar refractivity (Wildman–Crippen MR) is 93.6 cm³/mol. The topological polar surface area (TPSA) is 59.5 Å². The molecule has 1 aromatic heterocycles. The minimum absolute atomic E-state index is 0.344. The first-order chi connectivity index (χ1) is 12.1. The van der Waals surface area contributed by atoms with Crippen LogP contribution in [0.5, 0.6) is 11.5 Å². The Labute approximate surface area is 146 Å². The Morgan fingerprint density at radius 3 is 2.60 bits per heavy atom. The van der Waals surface area contributed by atoms with Crippen LogP contribution in [0.25, 0.3) is 0 Å². The molecule has 0 spiro atoms. The predicted octanol–water partition coefficient (Wildman–Crippen LogP) is 3.58. The Kier molecular flexibility index (Phi) is 3.99. The maximum Gasteiger partial charge on any atom is 0.244 e. The van der Waals surface area contributed by atoms with Crippen LogP contribution < -0.4 is 4.74 Å². The van der Waals surface area contributed by atoms with Gasteiger partial charge in [-0.05, 0) is 41.5 Å². The summed E-state index contributed by atoms with van der Waals surface area (Å²) in [7, 11) is -3.47. The van der Waals surface area contributed by atoms with Gasteiger partial charge in [0.25, 0.3) is 0 Å². The number of sulfonamides is 1. The zero-order valence-corrected chi connectivity index (χ0v) is 14.2. The average molecular weight is 352 g/mol. The largest absolute Gasteiger partial charge is 0.456 e. The van der Waals surface area contributed by atoms with Crippen LogP contribution in [-0.2, 0) is 23.1 Å². The number of rotatable bonds is 4. The molecule has 5 nitrogen and oxygen atoms in total. The van der Waals surface area contributed by atoms with Gasteiger partial charge in [-0.2, -0.15) is 4.31 Å². The molecule has 0 bridgehead atoms. The van der Waals surface area contributed by atoms with E-state index >= 15 is 0 Å². The molecule has 2 heterocycles. The summed E-state index contributed by atoms with van der Waals surface area (Å²) in [6.45, 7) is 0.702. The summed E-state index contributed by atoms with van der Waals surface area (Å²) in [5.74, 6) is 1.22. The van der Waals surface area contributed by atoms with Gasteiger partial charge in [0.15, 0.2) is 0 Å². The molecule has 1 aliphatic heterocycles. The van der Waals surface area contributed by atoms with Crippen molar-refractivity contribution in [2.75, 3.05) is 0 Å². The third kappa shape index (κ3) is 3.14. The molecule has 0 N–H and O–H groups in total. The highest BCUT2D eigenvalue weighted by atomic mass is 32.2. The molecule has 6 heteroatoms. The molecule has 2 aromatic carbocycles. The molecule has 3 aromatic rings. The highest BCUT2D eigenvalue weighted by Gasteiger charge is 2.34. The van der Waals surface area contributed by atoms with Gasteiger partial charge in [-0.1, -0.05) is 30.3 Å². The Hall–Kier alpha value is -2.70. The van der Waals surface area contributed by atoms with E-state index in [-0.39, 0.29) is 0 Å². The molecule has 0 aliphatic carbocycles. The normalized spacial score (nSPS) is 15.7. The van der Waals surface area contributed by atoms with E-state index in [1.165, 1.54) is 4.31 Å². The standard InChI is InChI=1S/C19H16N2O3S/c22-25(23)19-9-8-17(24-18-7-4-10-20-12-18)11-16(19)14-21(25)13-15-5-2-1-3-6-15/h1-12H,13-14H2. The van der Waals surface area contributed by atoms with Crippen molar-refractivity contribution in [1.29, 1.82) is 0 Å². The van der Waals surface area contributed by atoms with E-state index in [0.29, 0.717) is 29.5 Å². The lowest BCUT2D eigenvalue weighted by molar-refractivity contribution is 0.419. The summed E-state index contributed by atoms with van der Waals surface area (Å²) in [5.41, 5.74) is 1.71. The van der Waals surface area contributed by atoms with Crippen LogP contribution in [0, 0.1) is 0 Å². The van der Waals surface area contributed by atoms with Crippen molar-refractivity contribution in [1.82, 2.24) is 9.29 Å². The summed E-state index contributed by atoms with van der Waals surface area (Å²) in [4.78, 5) is 4.36. The number of benzene rings is 2. The van der Waals surface area contributed by atoms with E-state index in [1.807, 2.05) is 30.3 Å². The zero-order valence-electron chi connectivity index (χ0n) is 13.4. The molecular weight excluding hydrogens is 336 g/mol. The number of fused-ring (bicyclic) bond motifs is 1. The first kappa shape index (κ1) is 15.8. The number of hydrogen-bond acceptors (Lipinski definition) is 4. The number of nitrogens with zero attached hydrogens (tertiary/aromatic N) is 2. The fraction of sp³-hybridized carbons (Fsp3) is 0.105. The minimum atomic E-state index is -3.47. The Morgan fingerprint density at radius 2 is 1.84 bits per heavy atom. The second kappa shape index (κ2) is 6.31. The van der Waals surface area contributed by atoms with Crippen molar-refractivity contribution in [2.45, 2.75) is 18.0 Å². The van der Waals surface area contributed by atoms with Gasteiger partial charge < -0.3 is 4.74 Å². The molecule has 0 radical (unpaired) electrons. The first-order valence-electron chi connectivity index (χ1n) is 7.88. The fourth-order valence-corrected chi connectivity index (χ4v) is 4.48. The van der Waals surface area contributed by atoms with E-state index in [1.54, 1.807) is 42.7 Å². The van der Waals surface area contributed by atoms with E-state index in [2.05, 4.69) is 4.98 Å². The summed E-state index contributed by atoms with van der Waals surface area (Å²) in [6, 6.07) is 18.2. The third-order valence-electron chi connectivity index (χ3n) is 4.07. The number of aromatic nitrogens is 1. The molecule has 0 unspecified atom stereocenters. The van der Waals surface area contributed by atoms with Crippen LogP contribution in [0.3, 0.4) is 0 Å². The maximum absolute atomic E-state index is 12.7. The number of pyridine rings is 1. The van der Waals surface area contributed by atoms with Crippen molar-refractivity contribution < 1.29 is 13.2 Å². The van der Waals surface area contributed by atoms with Gasteiger partial charge in [-0.3, -0.25) is 4.98 Å². The lowest BCUT2D eigenvalue weighted by atomic mass is 10.2. The van der Waals surface area contributed by atoms with Crippen molar-refractivity contribution in [3.63, 3.8) is 0 Å². The van der Waals surface area contributed by atoms with E-state index in [0.717, 1.165) is 11.1 Å². The summed E-state index contributed by atoms with van der Waals surface area (Å²) in [5, 5.41) is 0. The highest BCUT2D eigenvalue weighted by molar-refractivity contribution is 7.89. The molecular formula is C19H16N2O3S. The molecule has 126 valence electrons. The van der Waals surface area contributed by atoms with Gasteiger partial charge in [0, 0.05) is 19.3 Å². The molecule has 0 saturated carbocycles. The Bertz CT molecular complexity index is 990. The second-order valence-electron chi connectivity index (χ2n) is 5.82. The summed E-state index contributed by atoms with van der Waals surface area (Å²) in [6.07, 6.45) is 3.29. The van der Waals surface area contributed by atoms with Crippen molar-refractivity contribution in [2.24, 2.45) is 0 Å². The maximum atomic E-state index is 12.7. The molecule has 4 rings (SSSR count). The quantitative estimate of drug-likeness (QED) is 0.720. The van der Waals surface area contributed by atoms with Crippen LogP contribution in [0.2, 0.25) is 0 Å². The lowest BCUT2D eigenvalue weighted by Crippen LogP contribution is -2.23. The molecule has 1 aliphatic rings. The van der Waals surface area contributed by atoms with Crippen LogP contribution >= 0.6 is 0 Å². The van der Waals surface area contributed by atoms with Crippen molar-refractivity contribution >= 4 is 10.0 Å². The van der Waals surface area contributed by atoms with Crippen LogP contribution in [0.4, 0.5) is 0 Å². The van der Waals surface area contributed by atoms with Crippen LogP contribution in [-0.4, -0.2) is 17.7 Å². The molecule has 0 saturated heterocycles. The monoisotopic (exact) mass is 352 g/mol. The molecule has 0 fully saturated rings. The summed E-state index contributed by atoms with van der Waals surface area (Å²) < 4.78 is 32.7. The summed E-state index contributed by atoms with van der Waals surface area (Å²) >= 11 is 0. The number of hydrogen-bond donors (Lipinski definition) is 0. The molecule has 0 amide bonds. The van der Waals surface area contributed by atoms with Gasteiger partial charge >= 0.3 is 0 Å². The van der Waals surface area contributed by atoms with E-state index in [9.17, 15) is 8.42 Å². The highest BCUT2D eigenvalue weighted by Crippen LogP contribution is 2.34. The fourth-order valence-electron chi connectivity index (χ4n) is 2.88. The van der Waals surface area contributed by atoms with Gasteiger partial charge in [0.2, 0.25) is 10.0 Å². The van der Waals surface area contributed by atoms with Crippen molar-refractivity contribution in [3.05, 3.63) is 84.2 Å². The average Bonchev–Trinajstić information content (AvgIpc) is 2.87. The third-order valence-corrected chi connectivity index (χ3v) is 5.96. The SMILES string of the molecule is O=S1(=O)c2ccc(Oc3cccnc3)cc2CN1Cc1ccccc1. The van der Waals surface area contributed by atoms with Crippen molar-refractivity contribution in [3.8, 4) is 11.5 Å². The molecule has 25 heavy (non-hydrogen) atoms. The van der Waals surface area contributed by atoms with Crippen LogP contribution in [0.1, 0.15) is 11.1 Å². The van der Waals surface area contributed by atoms with Gasteiger partial charge in [-0.15, -0.1) is 0 Å². The van der Waals surface area contributed by atoms with Gasteiger partial charge in [0.1, 0.15) is 11.5 Å². The Balaban J connectivity index is 1.60. The zero-order chi connectivity index (χ0) is 17.3. The van der Waals surface area contributed by atoms with Gasteiger partial charge in [0.05, 0.1) is 11.1 Å². The Morgan fingerprint density at radius 1 is 1.00 bits per heavy atom.